The number of amides is 1. The van der Waals surface area contributed by atoms with Gasteiger partial charge >= 0.3 is 0 Å². The first-order valence-corrected chi connectivity index (χ1v) is 6.35. The van der Waals surface area contributed by atoms with Crippen molar-refractivity contribution in [2.75, 3.05) is 19.8 Å². The third-order valence-corrected chi connectivity index (χ3v) is 2.96. The van der Waals surface area contributed by atoms with Crippen molar-refractivity contribution < 1.29 is 19.1 Å². The van der Waals surface area contributed by atoms with Gasteiger partial charge in [-0.2, -0.15) is 0 Å². The zero-order chi connectivity index (χ0) is 13.5. The van der Waals surface area contributed by atoms with E-state index in [2.05, 4.69) is 5.32 Å². The molecular formula is C14H17NO4. The molecule has 1 saturated heterocycles. The third kappa shape index (κ3) is 4.06. The summed E-state index contributed by atoms with van der Waals surface area (Å²) in [4.78, 5) is 22.4. The molecule has 0 bridgehead atoms. The summed E-state index contributed by atoms with van der Waals surface area (Å²) in [7, 11) is 0. The molecule has 5 nitrogen and oxygen atoms in total. The number of aldehydes is 1. The third-order valence-electron chi connectivity index (χ3n) is 2.96. The average molecular weight is 263 g/mol. The minimum absolute atomic E-state index is 0.0996. The van der Waals surface area contributed by atoms with E-state index in [9.17, 15) is 9.59 Å². The van der Waals surface area contributed by atoms with Gasteiger partial charge in [-0.25, -0.2) is 0 Å². The molecular weight excluding hydrogens is 246 g/mol. The lowest BCUT2D eigenvalue weighted by atomic mass is 10.2. The second-order valence-corrected chi connectivity index (χ2v) is 4.38. The van der Waals surface area contributed by atoms with Crippen LogP contribution in [0.15, 0.2) is 24.3 Å². The summed E-state index contributed by atoms with van der Waals surface area (Å²) in [5.74, 6) is 0.209. The van der Waals surface area contributed by atoms with Crippen LogP contribution in [0.5, 0.6) is 5.75 Å². The van der Waals surface area contributed by atoms with Gasteiger partial charge in [-0.1, -0.05) is 12.1 Å². The maximum absolute atomic E-state index is 11.6. The van der Waals surface area contributed by atoms with Gasteiger partial charge in [-0.3, -0.25) is 9.59 Å². The first-order valence-electron chi connectivity index (χ1n) is 6.35. The molecule has 1 aliphatic heterocycles. The van der Waals surface area contributed by atoms with Gasteiger partial charge in [0.05, 0.1) is 11.7 Å². The molecule has 0 unspecified atom stereocenters. The lowest BCUT2D eigenvalue weighted by molar-refractivity contribution is -0.123. The fraction of sp³-hybridized carbons (Fsp3) is 0.429. The maximum atomic E-state index is 11.6. The van der Waals surface area contributed by atoms with E-state index in [0.29, 0.717) is 24.1 Å². The van der Waals surface area contributed by atoms with E-state index in [4.69, 9.17) is 9.47 Å². The molecule has 19 heavy (non-hydrogen) atoms. The van der Waals surface area contributed by atoms with E-state index < -0.39 is 0 Å². The summed E-state index contributed by atoms with van der Waals surface area (Å²) in [5, 5.41) is 2.76. The molecule has 0 spiro atoms. The van der Waals surface area contributed by atoms with Gasteiger partial charge in [0.25, 0.3) is 5.91 Å². The van der Waals surface area contributed by atoms with E-state index >= 15 is 0 Å². The van der Waals surface area contributed by atoms with Crippen molar-refractivity contribution in [2.24, 2.45) is 0 Å². The van der Waals surface area contributed by atoms with E-state index in [1.54, 1.807) is 24.3 Å². The Morgan fingerprint density at radius 2 is 2.32 bits per heavy atom. The van der Waals surface area contributed by atoms with Crippen LogP contribution in [0.3, 0.4) is 0 Å². The van der Waals surface area contributed by atoms with E-state index in [-0.39, 0.29) is 18.6 Å². The number of carbonyl (C=O) groups is 2. The normalized spacial score (nSPS) is 18.0. The second kappa shape index (κ2) is 6.89. The summed E-state index contributed by atoms with van der Waals surface area (Å²) in [6, 6.07) is 6.81. The molecule has 0 aromatic heterocycles. The SMILES string of the molecule is O=Cc1ccccc1OCC(=O)NC[C@@H]1CCCO1. The van der Waals surface area contributed by atoms with Gasteiger partial charge in [0.15, 0.2) is 12.9 Å². The van der Waals surface area contributed by atoms with Gasteiger partial charge in [0.2, 0.25) is 0 Å². The summed E-state index contributed by atoms with van der Waals surface area (Å²) < 4.78 is 10.7. The van der Waals surface area contributed by atoms with E-state index in [0.717, 1.165) is 19.4 Å². The van der Waals surface area contributed by atoms with Crippen LogP contribution in [0.2, 0.25) is 0 Å². The van der Waals surface area contributed by atoms with Gasteiger partial charge in [-0.05, 0) is 25.0 Å². The highest BCUT2D eigenvalue weighted by molar-refractivity contribution is 5.80. The molecule has 102 valence electrons. The number of benzene rings is 1. The van der Waals surface area contributed by atoms with Gasteiger partial charge in [-0.15, -0.1) is 0 Å². The predicted octanol–water partition coefficient (Wildman–Crippen LogP) is 1.17. The van der Waals surface area contributed by atoms with Crippen LogP contribution in [0.4, 0.5) is 0 Å². The first kappa shape index (κ1) is 13.5. The molecule has 1 aliphatic rings. The molecule has 0 radical (unpaired) electrons. The molecule has 1 heterocycles. The van der Waals surface area contributed by atoms with Crippen molar-refractivity contribution in [3.8, 4) is 5.75 Å². The molecule has 1 aromatic rings. The smallest absolute Gasteiger partial charge is 0.258 e. The number of hydrogen-bond acceptors (Lipinski definition) is 4. The summed E-state index contributed by atoms with van der Waals surface area (Å²) in [6.07, 6.45) is 2.85. The summed E-state index contributed by atoms with van der Waals surface area (Å²) in [5.41, 5.74) is 0.439. The quantitative estimate of drug-likeness (QED) is 0.783. The Morgan fingerprint density at radius 1 is 1.47 bits per heavy atom. The highest BCUT2D eigenvalue weighted by atomic mass is 16.5. The molecule has 1 N–H and O–H groups in total. The van der Waals surface area contributed by atoms with Gasteiger partial charge in [0, 0.05) is 13.2 Å². The van der Waals surface area contributed by atoms with Crippen LogP contribution < -0.4 is 10.1 Å². The fourth-order valence-corrected chi connectivity index (χ4v) is 1.94. The van der Waals surface area contributed by atoms with Crippen molar-refractivity contribution >= 4 is 12.2 Å². The van der Waals surface area contributed by atoms with E-state index in [1.807, 2.05) is 0 Å². The number of ether oxygens (including phenoxy) is 2. The number of carbonyl (C=O) groups excluding carboxylic acids is 2. The first-order chi connectivity index (χ1) is 9.29. The molecule has 0 aliphatic carbocycles. The Balaban J connectivity index is 1.74. The number of para-hydroxylation sites is 1. The maximum Gasteiger partial charge on any atom is 0.258 e. The minimum Gasteiger partial charge on any atom is -0.483 e. The Hall–Kier alpha value is -1.88. The number of hydrogen-bond donors (Lipinski definition) is 1. The highest BCUT2D eigenvalue weighted by Crippen LogP contribution is 2.15. The second-order valence-electron chi connectivity index (χ2n) is 4.38. The average Bonchev–Trinajstić information content (AvgIpc) is 2.96. The van der Waals surface area contributed by atoms with Crippen LogP contribution in [0, 0.1) is 0 Å². The van der Waals surface area contributed by atoms with Crippen molar-refractivity contribution in [3.63, 3.8) is 0 Å². The molecule has 1 fully saturated rings. The van der Waals surface area contributed by atoms with Crippen LogP contribution in [0.1, 0.15) is 23.2 Å². The van der Waals surface area contributed by atoms with Crippen LogP contribution >= 0.6 is 0 Å². The fourth-order valence-electron chi connectivity index (χ4n) is 1.94. The predicted molar refractivity (Wildman–Crippen MR) is 69.3 cm³/mol. The van der Waals surface area contributed by atoms with Gasteiger partial charge in [0.1, 0.15) is 5.75 Å². The minimum atomic E-state index is -0.212. The molecule has 1 amide bonds. The topological polar surface area (TPSA) is 64.6 Å². The Morgan fingerprint density at radius 3 is 3.05 bits per heavy atom. The summed E-state index contributed by atoms with van der Waals surface area (Å²) in [6.45, 7) is 1.18. The van der Waals surface area contributed by atoms with E-state index in [1.165, 1.54) is 0 Å². The monoisotopic (exact) mass is 263 g/mol. The van der Waals surface area contributed by atoms with Gasteiger partial charge < -0.3 is 14.8 Å². The molecule has 2 rings (SSSR count). The van der Waals surface area contributed by atoms with Crippen LogP contribution in [-0.4, -0.2) is 38.1 Å². The number of rotatable bonds is 6. The molecule has 1 atom stereocenters. The largest absolute Gasteiger partial charge is 0.483 e. The summed E-state index contributed by atoms with van der Waals surface area (Å²) >= 11 is 0. The zero-order valence-corrected chi connectivity index (χ0v) is 10.6. The lowest BCUT2D eigenvalue weighted by Crippen LogP contribution is -2.35. The Bertz CT molecular complexity index is 441. The van der Waals surface area contributed by atoms with Crippen LogP contribution in [0.25, 0.3) is 0 Å². The zero-order valence-electron chi connectivity index (χ0n) is 10.6. The van der Waals surface area contributed by atoms with Crippen molar-refractivity contribution in [2.45, 2.75) is 18.9 Å². The lowest BCUT2D eigenvalue weighted by Gasteiger charge is -2.12. The standard InChI is InChI=1S/C14H17NO4/c16-9-11-4-1-2-6-13(11)19-10-14(17)15-8-12-5-3-7-18-12/h1-2,4,6,9,12H,3,5,7-8,10H2,(H,15,17)/t12-/m0/s1. The van der Waals surface area contributed by atoms with Crippen LogP contribution in [-0.2, 0) is 9.53 Å². The van der Waals surface area contributed by atoms with Crippen molar-refractivity contribution in [1.82, 2.24) is 5.32 Å². The molecule has 1 aromatic carbocycles. The van der Waals surface area contributed by atoms with Crippen molar-refractivity contribution in [3.05, 3.63) is 29.8 Å². The molecule has 5 heteroatoms. The Labute approximate surface area is 111 Å². The molecule has 0 saturated carbocycles. The number of nitrogens with one attached hydrogen (secondary N) is 1. The van der Waals surface area contributed by atoms with Crippen molar-refractivity contribution in [1.29, 1.82) is 0 Å². The Kier molecular flexibility index (Phi) is 4.92. The highest BCUT2D eigenvalue weighted by Gasteiger charge is 2.16.